The van der Waals surface area contributed by atoms with Gasteiger partial charge in [-0.15, -0.1) is 0 Å². The molecule has 0 aliphatic heterocycles. The predicted molar refractivity (Wildman–Crippen MR) is 90.0 cm³/mol. The average molecular weight is 314 g/mol. The molecule has 0 unspecified atom stereocenters. The summed E-state index contributed by atoms with van der Waals surface area (Å²) >= 11 is 0. The number of rotatable bonds is 8. The number of carbonyl (C=O) groups is 1. The molecule has 122 valence electrons. The molecule has 0 aliphatic rings. The topological polar surface area (TPSA) is 73.6 Å². The Bertz CT molecular complexity index is 658. The van der Waals surface area contributed by atoms with Gasteiger partial charge in [0.25, 0.3) is 0 Å². The van der Waals surface area contributed by atoms with Crippen molar-refractivity contribution in [1.82, 2.24) is 5.32 Å². The summed E-state index contributed by atoms with van der Waals surface area (Å²) in [5.74, 6) is 1.34. The molecule has 0 spiro atoms. The van der Waals surface area contributed by atoms with Crippen LogP contribution in [-0.2, 0) is 6.54 Å². The van der Waals surface area contributed by atoms with E-state index in [9.17, 15) is 4.79 Å². The highest BCUT2D eigenvalue weighted by atomic mass is 16.5. The summed E-state index contributed by atoms with van der Waals surface area (Å²) < 4.78 is 10.6. The number of nitrogens with two attached hydrogens (primary N) is 1. The number of methoxy groups -OCH3 is 2. The average Bonchev–Trinajstić information content (AvgIpc) is 2.62. The molecule has 5 nitrogen and oxygen atoms in total. The van der Waals surface area contributed by atoms with Crippen molar-refractivity contribution < 1.29 is 14.3 Å². The minimum Gasteiger partial charge on any atom is -0.493 e. The third-order valence-corrected chi connectivity index (χ3v) is 3.77. The molecule has 1 atom stereocenters. The number of nitrogens with one attached hydrogen (secondary N) is 1. The number of hydrogen-bond acceptors (Lipinski definition) is 5. The van der Waals surface area contributed by atoms with Crippen molar-refractivity contribution >= 4 is 6.29 Å². The molecule has 0 saturated carbocycles. The fraction of sp³-hybridized carbons (Fsp3) is 0.278. The van der Waals surface area contributed by atoms with Crippen molar-refractivity contribution in [2.45, 2.75) is 12.6 Å². The standard InChI is InChI=1S/C18H22N2O3/c1-22-17-8-7-13(9-18(17)23-2)16(10-19)20-11-14-5-3-4-6-15(14)12-21/h3-9,12,16,20H,10-11,19H2,1-2H3/t16-/m1/s1. The van der Waals surface area contributed by atoms with E-state index in [0.29, 0.717) is 30.2 Å². The molecule has 23 heavy (non-hydrogen) atoms. The first-order chi connectivity index (χ1) is 11.2. The van der Waals surface area contributed by atoms with Crippen LogP contribution < -0.4 is 20.5 Å². The van der Waals surface area contributed by atoms with Gasteiger partial charge in [0.2, 0.25) is 0 Å². The number of hydrogen-bond donors (Lipinski definition) is 2. The van der Waals surface area contributed by atoms with E-state index in [1.807, 2.05) is 36.4 Å². The molecule has 0 heterocycles. The smallest absolute Gasteiger partial charge is 0.161 e. The van der Waals surface area contributed by atoms with Gasteiger partial charge in [0.15, 0.2) is 11.5 Å². The molecular weight excluding hydrogens is 292 g/mol. The number of benzene rings is 2. The second-order valence-corrected chi connectivity index (χ2v) is 5.10. The van der Waals surface area contributed by atoms with Crippen LogP contribution in [0.15, 0.2) is 42.5 Å². The summed E-state index contributed by atoms with van der Waals surface area (Å²) in [6.45, 7) is 0.990. The highest BCUT2D eigenvalue weighted by Crippen LogP contribution is 2.29. The summed E-state index contributed by atoms with van der Waals surface area (Å²) in [7, 11) is 3.21. The Kier molecular flexibility index (Phi) is 6.14. The monoisotopic (exact) mass is 314 g/mol. The van der Waals surface area contributed by atoms with Crippen molar-refractivity contribution in [1.29, 1.82) is 0 Å². The van der Waals surface area contributed by atoms with E-state index >= 15 is 0 Å². The van der Waals surface area contributed by atoms with Crippen LogP contribution in [0.25, 0.3) is 0 Å². The van der Waals surface area contributed by atoms with Gasteiger partial charge in [-0.25, -0.2) is 0 Å². The Morgan fingerprint density at radius 1 is 1.13 bits per heavy atom. The number of ether oxygens (including phenoxy) is 2. The zero-order valence-corrected chi connectivity index (χ0v) is 13.4. The van der Waals surface area contributed by atoms with Crippen molar-refractivity contribution in [3.63, 3.8) is 0 Å². The molecule has 2 rings (SSSR count). The minimum absolute atomic E-state index is 0.0467. The van der Waals surface area contributed by atoms with Crippen LogP contribution in [0, 0.1) is 0 Å². The Morgan fingerprint density at radius 3 is 2.52 bits per heavy atom. The maximum atomic E-state index is 11.1. The molecule has 3 N–H and O–H groups in total. The van der Waals surface area contributed by atoms with Gasteiger partial charge in [-0.3, -0.25) is 4.79 Å². The third kappa shape index (κ3) is 4.09. The van der Waals surface area contributed by atoms with Crippen LogP contribution >= 0.6 is 0 Å². The fourth-order valence-corrected chi connectivity index (χ4v) is 2.45. The van der Waals surface area contributed by atoms with E-state index in [4.69, 9.17) is 15.2 Å². The number of aldehydes is 1. The van der Waals surface area contributed by atoms with Crippen LogP contribution in [0.3, 0.4) is 0 Å². The summed E-state index contributed by atoms with van der Waals surface area (Å²) in [4.78, 5) is 11.1. The van der Waals surface area contributed by atoms with E-state index in [1.54, 1.807) is 20.3 Å². The van der Waals surface area contributed by atoms with Crippen molar-refractivity contribution in [3.05, 3.63) is 59.2 Å². The zero-order valence-electron chi connectivity index (χ0n) is 13.4. The van der Waals surface area contributed by atoms with Crippen LogP contribution in [0.4, 0.5) is 0 Å². The molecule has 2 aromatic rings. The van der Waals surface area contributed by atoms with Crippen molar-refractivity contribution in [2.24, 2.45) is 5.73 Å². The lowest BCUT2D eigenvalue weighted by Crippen LogP contribution is -2.28. The van der Waals surface area contributed by atoms with Crippen LogP contribution in [0.2, 0.25) is 0 Å². The van der Waals surface area contributed by atoms with E-state index in [1.165, 1.54) is 0 Å². The van der Waals surface area contributed by atoms with E-state index in [-0.39, 0.29) is 6.04 Å². The molecule has 5 heteroatoms. The Morgan fingerprint density at radius 2 is 1.87 bits per heavy atom. The first-order valence-electron chi connectivity index (χ1n) is 7.42. The van der Waals surface area contributed by atoms with Gasteiger partial charge in [0, 0.05) is 24.7 Å². The molecule has 0 aromatic heterocycles. The van der Waals surface area contributed by atoms with E-state index < -0.39 is 0 Å². The van der Waals surface area contributed by atoms with Gasteiger partial charge in [0.1, 0.15) is 6.29 Å². The summed E-state index contributed by atoms with van der Waals surface area (Å²) in [6, 6.07) is 13.2. The highest BCUT2D eigenvalue weighted by Gasteiger charge is 2.13. The van der Waals surface area contributed by atoms with Crippen LogP contribution in [-0.4, -0.2) is 27.1 Å². The SMILES string of the molecule is COc1ccc([C@@H](CN)NCc2ccccc2C=O)cc1OC. The lowest BCUT2D eigenvalue weighted by molar-refractivity contribution is 0.112. The minimum atomic E-state index is -0.0467. The summed E-state index contributed by atoms with van der Waals surface area (Å²) in [6.07, 6.45) is 0.866. The molecule has 2 aromatic carbocycles. The van der Waals surface area contributed by atoms with E-state index in [0.717, 1.165) is 17.4 Å². The molecule has 0 radical (unpaired) electrons. The molecule has 0 bridgehead atoms. The van der Waals surface area contributed by atoms with Gasteiger partial charge in [-0.05, 0) is 23.3 Å². The Hall–Kier alpha value is -2.37. The number of carbonyl (C=O) groups excluding carboxylic acids is 1. The maximum absolute atomic E-state index is 11.1. The lowest BCUT2D eigenvalue weighted by Gasteiger charge is -2.19. The molecule has 0 aliphatic carbocycles. The van der Waals surface area contributed by atoms with Crippen molar-refractivity contribution in [3.8, 4) is 11.5 Å². The Balaban J connectivity index is 2.15. The second kappa shape index (κ2) is 8.31. The quantitative estimate of drug-likeness (QED) is 0.732. The molecule has 0 amide bonds. The maximum Gasteiger partial charge on any atom is 0.161 e. The first kappa shape index (κ1) is 17.0. The molecule has 0 fully saturated rings. The van der Waals surface area contributed by atoms with E-state index in [2.05, 4.69) is 5.32 Å². The third-order valence-electron chi connectivity index (χ3n) is 3.77. The van der Waals surface area contributed by atoms with Crippen LogP contribution in [0.5, 0.6) is 11.5 Å². The predicted octanol–water partition coefficient (Wildman–Crippen LogP) is 2.31. The lowest BCUT2D eigenvalue weighted by atomic mass is 10.0. The van der Waals surface area contributed by atoms with Crippen LogP contribution in [0.1, 0.15) is 27.5 Å². The summed E-state index contributed by atoms with van der Waals surface area (Å²) in [5, 5.41) is 3.39. The fourth-order valence-electron chi connectivity index (χ4n) is 2.45. The van der Waals surface area contributed by atoms with Crippen molar-refractivity contribution in [2.75, 3.05) is 20.8 Å². The van der Waals surface area contributed by atoms with Gasteiger partial charge >= 0.3 is 0 Å². The van der Waals surface area contributed by atoms with Gasteiger partial charge in [-0.2, -0.15) is 0 Å². The van der Waals surface area contributed by atoms with Gasteiger partial charge in [0.05, 0.1) is 14.2 Å². The molecular formula is C18H22N2O3. The summed E-state index contributed by atoms with van der Waals surface area (Å²) in [5.41, 5.74) is 8.53. The largest absolute Gasteiger partial charge is 0.493 e. The van der Waals surface area contributed by atoms with Gasteiger partial charge in [-0.1, -0.05) is 30.3 Å². The Labute approximate surface area is 136 Å². The molecule has 0 saturated heterocycles. The first-order valence-corrected chi connectivity index (χ1v) is 7.42. The second-order valence-electron chi connectivity index (χ2n) is 5.10. The highest BCUT2D eigenvalue weighted by molar-refractivity contribution is 5.77. The van der Waals surface area contributed by atoms with Gasteiger partial charge < -0.3 is 20.5 Å². The zero-order chi connectivity index (χ0) is 16.7. The normalized spacial score (nSPS) is 11.8.